The first-order valence-corrected chi connectivity index (χ1v) is 2.27. The maximum atomic E-state index is 10.1. The van der Waals surface area contributed by atoms with Gasteiger partial charge in [-0.05, 0) is 0 Å². The second-order valence-corrected chi connectivity index (χ2v) is 1.72. The van der Waals surface area contributed by atoms with Gasteiger partial charge >= 0.3 is 6.03 Å². The lowest BCUT2D eigenvalue weighted by molar-refractivity contribution is 0.249. The highest BCUT2D eigenvalue weighted by atomic mass is 32.1. The smallest absolute Gasteiger partial charge is 0.320 e. The van der Waals surface area contributed by atoms with Crippen LogP contribution < -0.4 is 10.6 Å². The molecule has 1 heterocycles. The van der Waals surface area contributed by atoms with Crippen LogP contribution in [0.15, 0.2) is 0 Å². The molecule has 0 unspecified atom stereocenters. The van der Waals surface area contributed by atoms with Gasteiger partial charge in [-0.2, -0.15) is 0 Å². The molecule has 1 aliphatic heterocycles. The second kappa shape index (κ2) is 1.46. The Morgan fingerprint density at radius 2 is 2.43 bits per heavy atom. The van der Waals surface area contributed by atoms with E-state index in [2.05, 4.69) is 22.9 Å². The van der Waals surface area contributed by atoms with Crippen molar-refractivity contribution in [3.8, 4) is 0 Å². The lowest BCUT2D eigenvalue weighted by Gasteiger charge is -1.81. The molecule has 3 nitrogen and oxygen atoms in total. The van der Waals surface area contributed by atoms with Crippen LogP contribution in [0.2, 0.25) is 0 Å². The summed E-state index contributed by atoms with van der Waals surface area (Å²) in [5.41, 5.74) is 0. The van der Waals surface area contributed by atoms with Gasteiger partial charge in [-0.3, -0.25) is 0 Å². The molecule has 0 aliphatic carbocycles. The summed E-state index contributed by atoms with van der Waals surface area (Å²) in [6.07, 6.45) is 0. The van der Waals surface area contributed by atoms with Crippen molar-refractivity contribution in [3.05, 3.63) is 0 Å². The van der Waals surface area contributed by atoms with E-state index in [0.717, 1.165) is 0 Å². The van der Waals surface area contributed by atoms with Gasteiger partial charge in [0, 0.05) is 0 Å². The number of hydrogen-bond acceptors (Lipinski definition) is 2. The van der Waals surface area contributed by atoms with E-state index in [1.807, 2.05) is 0 Å². The van der Waals surface area contributed by atoms with Crippen LogP contribution in [0.3, 0.4) is 0 Å². The Labute approximate surface area is 46.1 Å². The van der Waals surface area contributed by atoms with Gasteiger partial charge in [0.25, 0.3) is 0 Å². The van der Waals surface area contributed by atoms with Crippen LogP contribution in [0, 0.1) is 0 Å². The van der Waals surface area contributed by atoms with Crippen molar-refractivity contribution in [1.29, 1.82) is 0 Å². The number of thiocarbonyl (C=S) groups is 1. The molecule has 0 spiro atoms. The topological polar surface area (TPSA) is 41.1 Å². The summed E-state index contributed by atoms with van der Waals surface area (Å²) in [6.45, 7) is 0.494. The van der Waals surface area contributed by atoms with E-state index in [-0.39, 0.29) is 6.03 Å². The first-order chi connectivity index (χ1) is 3.29. The summed E-state index contributed by atoms with van der Waals surface area (Å²) >= 11 is 4.60. The van der Waals surface area contributed by atoms with E-state index in [1.165, 1.54) is 0 Å². The number of carbonyl (C=O) groups excluding carboxylic acids is 1. The van der Waals surface area contributed by atoms with Crippen LogP contribution in [0.4, 0.5) is 4.79 Å². The molecule has 0 bridgehead atoms. The molecule has 0 aromatic rings. The summed E-state index contributed by atoms with van der Waals surface area (Å²) in [4.78, 5) is 10.7. The summed E-state index contributed by atoms with van der Waals surface area (Å²) < 4.78 is 0. The zero-order chi connectivity index (χ0) is 5.28. The normalized spacial score (nSPS) is 18.9. The van der Waals surface area contributed by atoms with E-state index in [0.29, 0.717) is 11.5 Å². The third-order valence-corrected chi connectivity index (χ3v) is 0.909. The Bertz CT molecular complexity index is 108. The Balaban J connectivity index is 2.55. The molecule has 2 amide bonds. The standard InChI is InChI=1S/C3H4N2OS/c6-3-4-1-2(7)5-3/h1H2,(H2,4,5,6,7). The molecule has 0 saturated carbocycles. The molecule has 2 N–H and O–H groups in total. The fourth-order valence-corrected chi connectivity index (χ4v) is 0.540. The first-order valence-electron chi connectivity index (χ1n) is 1.87. The fraction of sp³-hybridized carbons (Fsp3) is 0.333. The van der Waals surface area contributed by atoms with E-state index < -0.39 is 0 Å². The minimum Gasteiger partial charge on any atom is -0.331 e. The predicted octanol–water partition coefficient (Wildman–Crippen LogP) is -0.373. The molecule has 0 aromatic carbocycles. The maximum Gasteiger partial charge on any atom is 0.320 e. The number of hydrogen-bond donors (Lipinski definition) is 2. The predicted molar refractivity (Wildman–Crippen MR) is 29.1 cm³/mol. The molecule has 1 saturated heterocycles. The Morgan fingerprint density at radius 1 is 1.71 bits per heavy atom. The molecule has 0 radical (unpaired) electrons. The van der Waals surface area contributed by atoms with Gasteiger partial charge in [-0.15, -0.1) is 0 Å². The third-order valence-electron chi connectivity index (χ3n) is 0.662. The number of amides is 2. The van der Waals surface area contributed by atoms with Crippen molar-refractivity contribution in [2.75, 3.05) is 6.54 Å². The largest absolute Gasteiger partial charge is 0.331 e. The lowest BCUT2D eigenvalue weighted by Crippen LogP contribution is -2.21. The van der Waals surface area contributed by atoms with Crippen molar-refractivity contribution in [1.82, 2.24) is 10.6 Å². The van der Waals surface area contributed by atoms with Crippen LogP contribution in [-0.4, -0.2) is 17.6 Å². The maximum absolute atomic E-state index is 10.1. The van der Waals surface area contributed by atoms with Crippen molar-refractivity contribution >= 4 is 23.2 Å². The molecule has 0 atom stereocenters. The van der Waals surface area contributed by atoms with E-state index in [1.54, 1.807) is 0 Å². The Morgan fingerprint density at radius 3 is 2.57 bits per heavy atom. The van der Waals surface area contributed by atoms with Crippen molar-refractivity contribution in [3.63, 3.8) is 0 Å². The van der Waals surface area contributed by atoms with Gasteiger partial charge in [0.2, 0.25) is 0 Å². The van der Waals surface area contributed by atoms with Gasteiger partial charge in [-0.25, -0.2) is 4.79 Å². The first kappa shape index (κ1) is 4.52. The Kier molecular flexibility index (Phi) is 0.941. The molecular formula is C3H4N2OS. The molecule has 1 aliphatic rings. The quantitative estimate of drug-likeness (QED) is 0.424. The summed E-state index contributed by atoms with van der Waals surface area (Å²) in [5.74, 6) is 0. The van der Waals surface area contributed by atoms with Gasteiger partial charge in [-0.1, -0.05) is 12.2 Å². The average molecular weight is 116 g/mol. The SMILES string of the molecule is O=C1NCC(=S)N1. The van der Waals surface area contributed by atoms with Crippen molar-refractivity contribution in [2.24, 2.45) is 0 Å². The van der Waals surface area contributed by atoms with Gasteiger partial charge in [0.15, 0.2) is 0 Å². The highest BCUT2D eigenvalue weighted by Crippen LogP contribution is 1.78. The molecule has 0 aromatic heterocycles. The molecule has 7 heavy (non-hydrogen) atoms. The number of urea groups is 1. The van der Waals surface area contributed by atoms with E-state index in [4.69, 9.17) is 0 Å². The minimum atomic E-state index is -0.190. The fourth-order valence-electron chi connectivity index (χ4n) is 0.376. The summed E-state index contributed by atoms with van der Waals surface area (Å²) in [5, 5.41) is 4.88. The third kappa shape index (κ3) is 0.866. The highest BCUT2D eigenvalue weighted by Gasteiger charge is 2.10. The highest BCUT2D eigenvalue weighted by molar-refractivity contribution is 7.80. The van der Waals surface area contributed by atoms with Gasteiger partial charge < -0.3 is 10.6 Å². The molecule has 1 rings (SSSR count). The van der Waals surface area contributed by atoms with Crippen LogP contribution >= 0.6 is 12.2 Å². The Hall–Kier alpha value is -0.640. The zero-order valence-corrected chi connectivity index (χ0v) is 4.34. The minimum absolute atomic E-state index is 0.190. The molecular weight excluding hydrogens is 112 g/mol. The average Bonchev–Trinajstić information content (AvgIpc) is 1.87. The van der Waals surface area contributed by atoms with Gasteiger partial charge in [0.05, 0.1) is 6.54 Å². The monoisotopic (exact) mass is 116 g/mol. The van der Waals surface area contributed by atoms with E-state index >= 15 is 0 Å². The number of carbonyl (C=O) groups is 1. The molecule has 4 heteroatoms. The van der Waals surface area contributed by atoms with Crippen molar-refractivity contribution < 1.29 is 4.79 Å². The summed E-state index contributed by atoms with van der Waals surface area (Å²) in [7, 11) is 0. The van der Waals surface area contributed by atoms with Crippen LogP contribution in [-0.2, 0) is 0 Å². The van der Waals surface area contributed by atoms with Gasteiger partial charge in [0.1, 0.15) is 4.99 Å². The van der Waals surface area contributed by atoms with E-state index in [9.17, 15) is 4.79 Å². The van der Waals surface area contributed by atoms with Crippen LogP contribution in [0.25, 0.3) is 0 Å². The lowest BCUT2D eigenvalue weighted by atomic mass is 10.7. The van der Waals surface area contributed by atoms with Crippen molar-refractivity contribution in [2.45, 2.75) is 0 Å². The second-order valence-electron chi connectivity index (χ2n) is 1.23. The number of nitrogens with one attached hydrogen (secondary N) is 2. The summed E-state index contributed by atoms with van der Waals surface area (Å²) in [6, 6.07) is -0.190. The molecule has 1 fully saturated rings. The number of rotatable bonds is 0. The van der Waals surface area contributed by atoms with Crippen LogP contribution in [0.1, 0.15) is 0 Å². The van der Waals surface area contributed by atoms with Crippen LogP contribution in [0.5, 0.6) is 0 Å². The molecule has 38 valence electrons. The zero-order valence-electron chi connectivity index (χ0n) is 3.52.